The Morgan fingerprint density at radius 3 is 2.38 bits per heavy atom. The zero-order valence-electron chi connectivity index (χ0n) is 9.14. The summed E-state index contributed by atoms with van der Waals surface area (Å²) in [5.74, 6) is 0.0858. The van der Waals surface area contributed by atoms with Gasteiger partial charge in [0.1, 0.15) is 5.75 Å². The summed E-state index contributed by atoms with van der Waals surface area (Å²) in [4.78, 5) is 14.0. The fourth-order valence-corrected chi connectivity index (χ4v) is 1.20. The topological polar surface area (TPSA) is 71.9 Å². The molecule has 1 aromatic carbocycles. The van der Waals surface area contributed by atoms with E-state index in [4.69, 9.17) is 10.3 Å². The second-order valence-electron chi connectivity index (χ2n) is 3.06. The number of methoxy groups -OCH3 is 2. The first-order valence-electron chi connectivity index (χ1n) is 4.63. The van der Waals surface area contributed by atoms with Gasteiger partial charge in [-0.1, -0.05) is 12.1 Å². The van der Waals surface area contributed by atoms with Gasteiger partial charge >= 0.3 is 11.7 Å². The lowest BCUT2D eigenvalue weighted by Gasteiger charge is -2.00. The molecular weight excluding hydrogens is 208 g/mol. The van der Waals surface area contributed by atoms with Crippen LogP contribution in [0.1, 0.15) is 5.56 Å². The minimum atomic E-state index is -0.640. The molecule has 5 nitrogen and oxygen atoms in total. The van der Waals surface area contributed by atoms with Crippen LogP contribution in [0.3, 0.4) is 0 Å². The van der Waals surface area contributed by atoms with Crippen molar-refractivity contribution in [2.24, 2.45) is 0 Å². The molecule has 1 rings (SSSR count). The molecule has 0 aliphatic carbocycles. The monoisotopic (exact) mass is 220 g/mol. The molecule has 0 aliphatic heterocycles. The lowest BCUT2D eigenvalue weighted by Crippen LogP contribution is -2.19. The van der Waals surface area contributed by atoms with Gasteiger partial charge in [-0.05, 0) is 17.7 Å². The zero-order valence-corrected chi connectivity index (χ0v) is 9.14. The van der Waals surface area contributed by atoms with E-state index in [0.717, 1.165) is 11.3 Å². The molecule has 0 saturated heterocycles. The van der Waals surface area contributed by atoms with Gasteiger partial charge in [0.2, 0.25) is 0 Å². The van der Waals surface area contributed by atoms with E-state index >= 15 is 0 Å². The molecule has 0 saturated carbocycles. The average Bonchev–Trinajstić information content (AvgIpc) is 2.35. The molecule has 0 aliphatic rings. The molecule has 0 atom stereocenters. The van der Waals surface area contributed by atoms with Crippen LogP contribution >= 0.6 is 0 Å². The average molecular weight is 220 g/mol. The van der Waals surface area contributed by atoms with Gasteiger partial charge in [-0.2, -0.15) is 4.79 Å². The summed E-state index contributed by atoms with van der Waals surface area (Å²) in [6.45, 7) is 0. The predicted octanol–water partition coefficient (Wildman–Crippen LogP) is 1.08. The maximum atomic E-state index is 11.1. The Hall–Kier alpha value is -2.13. The van der Waals surface area contributed by atoms with Crippen molar-refractivity contribution in [2.75, 3.05) is 14.2 Å². The van der Waals surface area contributed by atoms with Gasteiger partial charge in [0, 0.05) is 0 Å². The molecule has 5 heteroatoms. The van der Waals surface area contributed by atoms with Crippen molar-refractivity contribution >= 4 is 11.7 Å². The van der Waals surface area contributed by atoms with Crippen LogP contribution in [-0.4, -0.2) is 30.7 Å². The number of nitrogens with zero attached hydrogens (tertiary/aromatic N) is 2. The Labute approximate surface area is 93.2 Å². The van der Waals surface area contributed by atoms with E-state index in [9.17, 15) is 4.79 Å². The lowest BCUT2D eigenvalue weighted by atomic mass is 10.1. The summed E-state index contributed by atoms with van der Waals surface area (Å²) in [5.41, 5.74) is 9.45. The summed E-state index contributed by atoms with van der Waals surface area (Å²) < 4.78 is 9.46. The summed E-state index contributed by atoms with van der Waals surface area (Å²) in [6, 6.07) is 7.10. The normalized spacial score (nSPS) is 9.12. The maximum Gasteiger partial charge on any atom is 0.416 e. The molecule has 1 aromatic rings. The molecular formula is C11H12N2O3. The minimum absolute atomic E-state index is 0.0346. The van der Waals surface area contributed by atoms with Crippen LogP contribution in [0.2, 0.25) is 0 Å². The van der Waals surface area contributed by atoms with E-state index in [1.807, 2.05) is 0 Å². The van der Waals surface area contributed by atoms with Crippen molar-refractivity contribution < 1.29 is 19.1 Å². The van der Waals surface area contributed by atoms with Gasteiger partial charge in [0.05, 0.1) is 20.6 Å². The van der Waals surface area contributed by atoms with Crippen molar-refractivity contribution in [3.63, 3.8) is 0 Å². The number of benzene rings is 1. The number of ether oxygens (including phenoxy) is 2. The Morgan fingerprint density at radius 2 is 1.94 bits per heavy atom. The van der Waals surface area contributed by atoms with Gasteiger partial charge in [-0.3, -0.25) is 0 Å². The molecule has 0 unspecified atom stereocenters. The highest BCUT2D eigenvalue weighted by Crippen LogP contribution is 2.11. The Kier molecular flexibility index (Phi) is 4.24. The molecule has 0 heterocycles. The third-order valence-electron chi connectivity index (χ3n) is 2.07. The van der Waals surface area contributed by atoms with Crippen LogP contribution in [0.15, 0.2) is 24.3 Å². The second kappa shape index (κ2) is 5.68. The summed E-state index contributed by atoms with van der Waals surface area (Å²) in [6.07, 6.45) is 0.215. The largest absolute Gasteiger partial charge is 0.497 e. The highest BCUT2D eigenvalue weighted by Gasteiger charge is 2.20. The quantitative estimate of drug-likeness (QED) is 0.330. The third kappa shape index (κ3) is 2.93. The van der Waals surface area contributed by atoms with Gasteiger partial charge in [-0.15, -0.1) is 0 Å². The second-order valence-corrected chi connectivity index (χ2v) is 3.06. The van der Waals surface area contributed by atoms with E-state index in [-0.39, 0.29) is 12.1 Å². The van der Waals surface area contributed by atoms with Crippen LogP contribution in [0.25, 0.3) is 5.53 Å². The predicted molar refractivity (Wildman–Crippen MR) is 57.3 cm³/mol. The van der Waals surface area contributed by atoms with Crippen LogP contribution in [-0.2, 0) is 16.0 Å². The standard InChI is InChI=1S/C11H12N2O3/c1-15-9-5-3-8(4-6-9)7-10(13-12)11(14)16-2/h3-6H,7H2,1-2H3. The van der Waals surface area contributed by atoms with Crippen LogP contribution in [0.5, 0.6) is 5.75 Å². The van der Waals surface area contributed by atoms with Gasteiger partial charge < -0.3 is 15.0 Å². The summed E-state index contributed by atoms with van der Waals surface area (Å²) in [7, 11) is 2.81. The molecule has 84 valence electrons. The van der Waals surface area contributed by atoms with E-state index in [1.54, 1.807) is 31.4 Å². The highest BCUT2D eigenvalue weighted by atomic mass is 16.5. The van der Waals surface area contributed by atoms with E-state index in [0.29, 0.717) is 0 Å². The van der Waals surface area contributed by atoms with Gasteiger partial charge in [-0.25, -0.2) is 4.79 Å². The SMILES string of the molecule is COC(=O)C(Cc1ccc(OC)cc1)=[N+]=[N-]. The molecule has 16 heavy (non-hydrogen) atoms. The number of carbonyl (C=O) groups excluding carboxylic acids is 1. The minimum Gasteiger partial charge on any atom is -0.497 e. The maximum absolute atomic E-state index is 11.1. The van der Waals surface area contributed by atoms with Crippen molar-refractivity contribution in [2.45, 2.75) is 6.42 Å². The van der Waals surface area contributed by atoms with Crippen LogP contribution in [0.4, 0.5) is 0 Å². The number of hydrogen-bond donors (Lipinski definition) is 0. The Bertz CT molecular complexity index is 419. The fourth-order valence-electron chi connectivity index (χ4n) is 1.20. The fraction of sp³-hybridized carbons (Fsp3) is 0.273. The first-order chi connectivity index (χ1) is 7.71. The van der Waals surface area contributed by atoms with Crippen LogP contribution in [0, 0.1) is 0 Å². The molecule has 0 bridgehead atoms. The Morgan fingerprint density at radius 1 is 1.31 bits per heavy atom. The molecule has 0 N–H and O–H groups in total. The van der Waals surface area contributed by atoms with E-state index in [1.165, 1.54) is 7.11 Å². The molecule has 0 amide bonds. The number of rotatable bonds is 4. The van der Waals surface area contributed by atoms with Crippen molar-refractivity contribution in [3.8, 4) is 5.75 Å². The number of hydrogen-bond acceptors (Lipinski definition) is 3. The number of carbonyl (C=O) groups is 1. The molecule has 0 aromatic heterocycles. The smallest absolute Gasteiger partial charge is 0.416 e. The molecule has 0 fully saturated rings. The highest BCUT2D eigenvalue weighted by molar-refractivity contribution is 6.34. The lowest BCUT2D eigenvalue weighted by molar-refractivity contribution is -0.137. The van der Waals surface area contributed by atoms with Crippen LogP contribution < -0.4 is 4.74 Å². The van der Waals surface area contributed by atoms with Gasteiger partial charge in [0.25, 0.3) is 0 Å². The van der Waals surface area contributed by atoms with Crippen molar-refractivity contribution in [1.29, 1.82) is 0 Å². The Balaban J connectivity index is 2.79. The van der Waals surface area contributed by atoms with Crippen molar-refractivity contribution in [1.82, 2.24) is 0 Å². The first kappa shape index (κ1) is 11.9. The molecule has 0 spiro atoms. The first-order valence-corrected chi connectivity index (χ1v) is 4.63. The van der Waals surface area contributed by atoms with E-state index < -0.39 is 5.97 Å². The van der Waals surface area contributed by atoms with Gasteiger partial charge in [0.15, 0.2) is 0 Å². The third-order valence-corrected chi connectivity index (χ3v) is 2.07. The van der Waals surface area contributed by atoms with E-state index in [2.05, 4.69) is 9.53 Å². The summed E-state index contributed by atoms with van der Waals surface area (Å²) in [5, 5.41) is 0. The molecule has 0 radical (unpaired) electrons. The number of esters is 1. The zero-order chi connectivity index (χ0) is 12.0. The van der Waals surface area contributed by atoms with Crippen molar-refractivity contribution in [3.05, 3.63) is 35.4 Å². The summed E-state index contributed by atoms with van der Waals surface area (Å²) >= 11 is 0.